The topological polar surface area (TPSA) is 45.5 Å². The molecular formula is C79H55BN6. The fourth-order valence-electron chi connectivity index (χ4n) is 14.6. The van der Waals surface area contributed by atoms with E-state index in [0.29, 0.717) is 0 Å². The van der Waals surface area contributed by atoms with E-state index in [1.807, 2.05) is 0 Å². The first kappa shape index (κ1) is 49.6. The zero-order chi connectivity index (χ0) is 57.1. The molecule has 6 nitrogen and oxygen atoms in total. The van der Waals surface area contributed by atoms with Gasteiger partial charge in [-0.05, 0) is 118 Å². The van der Waals surface area contributed by atoms with Crippen LogP contribution in [0, 0.1) is 20.8 Å². The van der Waals surface area contributed by atoms with Crippen LogP contribution in [0.4, 0.5) is 0 Å². The second kappa shape index (κ2) is 19.5. The van der Waals surface area contributed by atoms with Crippen LogP contribution in [0.5, 0.6) is 0 Å². The summed E-state index contributed by atoms with van der Waals surface area (Å²) in [6, 6.07) is 102. The van der Waals surface area contributed by atoms with Crippen LogP contribution in [0.25, 0.3) is 133 Å². The standard InChI is InChI=1S/C79H55BN6/c1-50-46-51(2)79(52(3)47-50)80(55-26-18-28-57(48-55)83-65-36-14-10-30-59(65)75-69(83)42-44-71-77(75)61-32-12-16-38-67(61)85(71)73-40-20-34-63(81-73)53-22-6-4-7-23-53)56-27-19-29-58(49-56)84-66-37-15-11-31-60(66)76-70(84)43-45-72-78(76)62-33-13-17-39-68(62)86(72)74-41-21-35-64(82-74)54-24-8-5-9-25-54/h4-49H,1-3H3. The fraction of sp³-hybridized carbons (Fsp3) is 0.0380. The van der Waals surface area contributed by atoms with E-state index >= 15 is 0 Å². The fourth-order valence-corrected chi connectivity index (χ4v) is 14.6. The molecule has 86 heavy (non-hydrogen) atoms. The molecule has 17 rings (SSSR count). The highest BCUT2D eigenvalue weighted by molar-refractivity contribution is 6.96. The molecular weight excluding hydrogens is 1040 g/mol. The molecule has 11 aromatic carbocycles. The average Bonchev–Trinajstić information content (AvgIpc) is 1.63. The van der Waals surface area contributed by atoms with Crippen LogP contribution in [0.2, 0.25) is 0 Å². The van der Waals surface area contributed by atoms with Crippen molar-refractivity contribution < 1.29 is 0 Å². The van der Waals surface area contributed by atoms with Crippen molar-refractivity contribution in [3.63, 3.8) is 0 Å². The number of pyridine rings is 2. The van der Waals surface area contributed by atoms with E-state index < -0.39 is 0 Å². The number of para-hydroxylation sites is 4. The van der Waals surface area contributed by atoms with Crippen molar-refractivity contribution in [2.45, 2.75) is 20.8 Å². The molecule has 6 aromatic heterocycles. The molecule has 0 aliphatic heterocycles. The summed E-state index contributed by atoms with van der Waals surface area (Å²) in [6.07, 6.45) is 0. The lowest BCUT2D eigenvalue weighted by molar-refractivity contribution is 1.08. The van der Waals surface area contributed by atoms with Crippen LogP contribution >= 0.6 is 0 Å². The highest BCUT2D eigenvalue weighted by Crippen LogP contribution is 2.44. The van der Waals surface area contributed by atoms with E-state index in [4.69, 9.17) is 9.97 Å². The molecule has 0 radical (unpaired) electrons. The Bertz CT molecular complexity index is 5250. The monoisotopic (exact) mass is 1100 g/mol. The second-order valence-electron chi connectivity index (χ2n) is 23.0. The summed E-state index contributed by atoms with van der Waals surface area (Å²) in [4.78, 5) is 10.6. The van der Waals surface area contributed by atoms with E-state index in [1.54, 1.807) is 0 Å². The van der Waals surface area contributed by atoms with Gasteiger partial charge in [0, 0.05) is 65.6 Å². The van der Waals surface area contributed by atoms with Gasteiger partial charge in [0.1, 0.15) is 11.6 Å². The molecule has 0 fully saturated rings. The van der Waals surface area contributed by atoms with E-state index in [2.05, 4.69) is 318 Å². The van der Waals surface area contributed by atoms with E-state index in [1.165, 1.54) is 76.2 Å². The van der Waals surface area contributed by atoms with Crippen LogP contribution in [-0.4, -0.2) is 34.9 Å². The first-order valence-electron chi connectivity index (χ1n) is 29.7. The van der Waals surface area contributed by atoms with Gasteiger partial charge in [-0.2, -0.15) is 0 Å². The Morgan fingerprint density at radius 1 is 0.279 bits per heavy atom. The van der Waals surface area contributed by atoms with Gasteiger partial charge in [0.05, 0.1) is 55.5 Å². The smallest absolute Gasteiger partial charge is 0.242 e. The molecule has 0 amide bonds. The van der Waals surface area contributed by atoms with Crippen molar-refractivity contribution in [2.24, 2.45) is 0 Å². The molecule has 0 atom stereocenters. The van der Waals surface area contributed by atoms with Crippen molar-refractivity contribution in [3.05, 3.63) is 296 Å². The van der Waals surface area contributed by atoms with Crippen molar-refractivity contribution in [2.75, 3.05) is 0 Å². The van der Waals surface area contributed by atoms with Crippen LogP contribution in [0.3, 0.4) is 0 Å². The molecule has 0 aliphatic rings. The predicted octanol–water partition coefficient (Wildman–Crippen LogP) is 17.6. The minimum absolute atomic E-state index is 0.0932. The van der Waals surface area contributed by atoms with Crippen molar-refractivity contribution >= 4 is 110 Å². The number of benzene rings is 11. The third kappa shape index (κ3) is 7.61. The number of hydrogen-bond donors (Lipinski definition) is 0. The number of aryl methyl sites for hydroxylation is 3. The van der Waals surface area contributed by atoms with Crippen LogP contribution in [-0.2, 0) is 0 Å². The highest BCUT2D eigenvalue weighted by atomic mass is 15.1. The van der Waals surface area contributed by atoms with Gasteiger partial charge in [0.15, 0.2) is 0 Å². The van der Waals surface area contributed by atoms with Gasteiger partial charge >= 0.3 is 0 Å². The zero-order valence-electron chi connectivity index (χ0n) is 47.8. The predicted molar refractivity (Wildman–Crippen MR) is 362 cm³/mol. The Kier molecular flexibility index (Phi) is 11.3. The van der Waals surface area contributed by atoms with Crippen molar-refractivity contribution in [3.8, 4) is 45.5 Å². The zero-order valence-corrected chi connectivity index (χ0v) is 47.8. The molecule has 0 bridgehead atoms. The quantitative estimate of drug-likeness (QED) is 0.135. The van der Waals surface area contributed by atoms with E-state index in [9.17, 15) is 0 Å². The summed E-state index contributed by atoms with van der Waals surface area (Å²) in [5, 5.41) is 9.72. The lowest BCUT2D eigenvalue weighted by Crippen LogP contribution is -2.54. The van der Waals surface area contributed by atoms with Gasteiger partial charge in [-0.1, -0.05) is 215 Å². The maximum Gasteiger partial charge on any atom is 0.242 e. The highest BCUT2D eigenvalue weighted by Gasteiger charge is 2.29. The number of aromatic nitrogens is 6. The molecule has 0 saturated heterocycles. The summed E-state index contributed by atoms with van der Waals surface area (Å²) in [5.41, 5.74) is 23.1. The summed E-state index contributed by atoms with van der Waals surface area (Å²) in [6.45, 7) is 6.70. The molecule has 404 valence electrons. The minimum Gasteiger partial charge on any atom is -0.309 e. The van der Waals surface area contributed by atoms with Gasteiger partial charge in [-0.3, -0.25) is 9.13 Å². The number of fused-ring (bicyclic) bond motifs is 14. The Morgan fingerprint density at radius 2 is 0.616 bits per heavy atom. The Morgan fingerprint density at radius 3 is 1.01 bits per heavy atom. The Hall–Kier alpha value is -11.0. The number of nitrogens with zero attached hydrogens (tertiary/aromatic N) is 6. The molecule has 17 aromatic rings. The maximum absolute atomic E-state index is 5.32. The number of hydrogen-bond acceptors (Lipinski definition) is 2. The third-order valence-corrected chi connectivity index (χ3v) is 18.0. The van der Waals surface area contributed by atoms with Gasteiger partial charge in [-0.15, -0.1) is 0 Å². The van der Waals surface area contributed by atoms with Gasteiger partial charge in [0.2, 0.25) is 6.71 Å². The first-order valence-corrected chi connectivity index (χ1v) is 29.7. The average molecular weight is 1100 g/mol. The Labute approximate surface area is 497 Å². The molecule has 7 heteroatoms. The number of rotatable bonds is 9. The minimum atomic E-state index is -0.0932. The molecule has 0 saturated carbocycles. The maximum atomic E-state index is 5.32. The summed E-state index contributed by atoms with van der Waals surface area (Å²) in [5.74, 6) is 1.78. The van der Waals surface area contributed by atoms with Gasteiger partial charge < -0.3 is 9.13 Å². The Balaban J connectivity index is 0.845. The van der Waals surface area contributed by atoms with Crippen LogP contribution < -0.4 is 16.4 Å². The second-order valence-corrected chi connectivity index (χ2v) is 23.0. The van der Waals surface area contributed by atoms with Crippen molar-refractivity contribution in [1.82, 2.24) is 28.2 Å². The first-order chi connectivity index (χ1) is 42.4. The molecule has 0 spiro atoms. The largest absolute Gasteiger partial charge is 0.309 e. The van der Waals surface area contributed by atoms with E-state index in [-0.39, 0.29) is 6.71 Å². The summed E-state index contributed by atoms with van der Waals surface area (Å²) in [7, 11) is 0. The molecule has 0 unspecified atom stereocenters. The van der Waals surface area contributed by atoms with Crippen LogP contribution in [0.1, 0.15) is 16.7 Å². The summed E-state index contributed by atoms with van der Waals surface area (Å²) >= 11 is 0. The van der Waals surface area contributed by atoms with Crippen molar-refractivity contribution in [1.29, 1.82) is 0 Å². The summed E-state index contributed by atoms with van der Waals surface area (Å²) < 4.78 is 9.67. The molecule has 6 heterocycles. The normalized spacial score (nSPS) is 11.9. The van der Waals surface area contributed by atoms with Gasteiger partial charge in [0.25, 0.3) is 0 Å². The lowest BCUT2D eigenvalue weighted by Gasteiger charge is -2.23. The van der Waals surface area contributed by atoms with Crippen LogP contribution in [0.15, 0.2) is 279 Å². The SMILES string of the molecule is Cc1cc(C)c(B(c2cccc(-n3c4ccccc4c4c5c6ccccc6n(-c6cccc(-c7ccccc7)n6)c5ccc43)c2)c2cccc(-n3c4ccccc4c4c5c6ccccc6n(-c6cccc(-c7ccccc7)n6)c5ccc43)c2)c(C)c1. The van der Waals surface area contributed by atoms with Gasteiger partial charge in [-0.25, -0.2) is 9.97 Å². The third-order valence-electron chi connectivity index (χ3n) is 18.0. The molecule has 0 aliphatic carbocycles. The molecule has 0 N–H and O–H groups in total. The van der Waals surface area contributed by atoms with E-state index in [0.717, 1.165) is 89.7 Å². The lowest BCUT2D eigenvalue weighted by atomic mass is 9.35.